The molecule has 25 heavy (non-hydrogen) atoms. The fourth-order valence-corrected chi connectivity index (χ4v) is 4.66. The van der Waals surface area contributed by atoms with Crippen molar-refractivity contribution in [2.24, 2.45) is 0 Å². The molecule has 0 atom stereocenters. The predicted octanol–water partition coefficient (Wildman–Crippen LogP) is 3.34. The van der Waals surface area contributed by atoms with Gasteiger partial charge in [-0.2, -0.15) is 0 Å². The Bertz CT molecular complexity index is 967. The predicted molar refractivity (Wildman–Crippen MR) is 100 cm³/mol. The molecular formula is C18H19N3O2S2. The number of nitrogens with one attached hydrogen (secondary N) is 1. The molecule has 5 nitrogen and oxygen atoms in total. The van der Waals surface area contributed by atoms with E-state index < -0.39 is 10.0 Å². The lowest BCUT2D eigenvalue weighted by molar-refractivity contribution is 0.580. The van der Waals surface area contributed by atoms with Crippen molar-refractivity contribution in [2.45, 2.75) is 25.2 Å². The monoisotopic (exact) mass is 373 g/mol. The topological polar surface area (TPSA) is 72.0 Å². The summed E-state index contributed by atoms with van der Waals surface area (Å²) in [5.41, 5.74) is 3.69. The Morgan fingerprint density at radius 3 is 2.60 bits per heavy atom. The van der Waals surface area contributed by atoms with Crippen LogP contribution in [0.5, 0.6) is 0 Å². The number of thiazole rings is 1. The zero-order chi connectivity index (χ0) is 17.9. The summed E-state index contributed by atoms with van der Waals surface area (Å²) in [5.74, 6) is 0. The fraction of sp³-hybridized carbons (Fsp3) is 0.222. The van der Waals surface area contributed by atoms with Crippen molar-refractivity contribution >= 4 is 21.4 Å². The summed E-state index contributed by atoms with van der Waals surface area (Å²) in [4.78, 5) is 8.88. The largest absolute Gasteiger partial charge is 0.265 e. The quantitative estimate of drug-likeness (QED) is 0.719. The first-order valence-corrected chi connectivity index (χ1v) is 10.2. The van der Waals surface area contributed by atoms with E-state index in [1.54, 1.807) is 29.8 Å². The van der Waals surface area contributed by atoms with Gasteiger partial charge in [0.15, 0.2) is 0 Å². The Balaban J connectivity index is 1.64. The lowest BCUT2D eigenvalue weighted by Gasteiger charge is -2.09. The molecule has 0 saturated carbocycles. The molecule has 2 aromatic heterocycles. The Morgan fingerprint density at radius 1 is 1.12 bits per heavy atom. The van der Waals surface area contributed by atoms with Crippen LogP contribution >= 0.6 is 11.3 Å². The van der Waals surface area contributed by atoms with Gasteiger partial charge in [-0.3, -0.25) is 4.98 Å². The molecule has 1 aromatic carbocycles. The highest BCUT2D eigenvalue weighted by molar-refractivity contribution is 7.89. The molecule has 130 valence electrons. The second kappa shape index (κ2) is 7.43. The number of rotatable bonds is 6. The van der Waals surface area contributed by atoms with Gasteiger partial charge >= 0.3 is 0 Å². The van der Waals surface area contributed by atoms with Crippen LogP contribution in [-0.2, 0) is 16.4 Å². The molecule has 0 fully saturated rings. The number of hydrogen-bond donors (Lipinski definition) is 1. The molecule has 0 saturated heterocycles. The number of hydrogen-bond acceptors (Lipinski definition) is 5. The van der Waals surface area contributed by atoms with Crippen LogP contribution in [0.4, 0.5) is 0 Å². The smallest absolute Gasteiger partial charge is 0.240 e. The van der Waals surface area contributed by atoms with Crippen LogP contribution in [0.25, 0.3) is 10.6 Å². The number of pyridine rings is 1. The molecule has 0 aliphatic heterocycles. The number of sulfonamides is 1. The van der Waals surface area contributed by atoms with E-state index in [9.17, 15) is 8.42 Å². The number of benzene rings is 1. The molecule has 2 heterocycles. The molecule has 0 aliphatic rings. The lowest BCUT2D eigenvalue weighted by Crippen LogP contribution is -2.26. The second-order valence-corrected chi connectivity index (χ2v) is 8.39. The number of aryl methyl sites for hydroxylation is 2. The van der Waals surface area contributed by atoms with Crippen molar-refractivity contribution in [2.75, 3.05) is 6.54 Å². The Hall–Kier alpha value is -2.09. The molecule has 3 aromatic rings. The molecular weight excluding hydrogens is 354 g/mol. The van der Waals surface area contributed by atoms with Crippen LogP contribution in [0.1, 0.15) is 16.8 Å². The summed E-state index contributed by atoms with van der Waals surface area (Å²) in [6.07, 6.45) is 4.01. The van der Waals surface area contributed by atoms with Crippen molar-refractivity contribution in [1.82, 2.24) is 14.7 Å². The highest BCUT2D eigenvalue weighted by Gasteiger charge is 2.16. The molecule has 0 bridgehead atoms. The summed E-state index contributed by atoms with van der Waals surface area (Å²) >= 11 is 1.54. The highest BCUT2D eigenvalue weighted by atomic mass is 32.2. The number of aromatic nitrogens is 2. The standard InChI is InChI=1S/C18H19N3O2S2/c1-13-3-4-17(14(2)11-13)25(22,23)20-10-7-16-12-24-18(21-16)15-5-8-19-9-6-15/h3-6,8-9,11-12,20H,7,10H2,1-2H3. The Morgan fingerprint density at radius 2 is 1.88 bits per heavy atom. The molecule has 0 aliphatic carbocycles. The van der Waals surface area contributed by atoms with Gasteiger partial charge in [0.1, 0.15) is 5.01 Å². The van der Waals surface area contributed by atoms with Gasteiger partial charge in [-0.15, -0.1) is 11.3 Å². The van der Waals surface area contributed by atoms with Crippen molar-refractivity contribution in [3.05, 3.63) is 64.9 Å². The number of nitrogens with zero attached hydrogens (tertiary/aromatic N) is 2. The summed E-state index contributed by atoms with van der Waals surface area (Å²) in [6, 6.07) is 9.15. The van der Waals surface area contributed by atoms with E-state index in [-0.39, 0.29) is 0 Å². The minimum absolute atomic E-state index is 0.315. The summed E-state index contributed by atoms with van der Waals surface area (Å²) in [7, 11) is -3.51. The summed E-state index contributed by atoms with van der Waals surface area (Å²) in [6.45, 7) is 4.07. The van der Waals surface area contributed by atoms with Crippen LogP contribution in [-0.4, -0.2) is 24.9 Å². The molecule has 0 radical (unpaired) electrons. The lowest BCUT2D eigenvalue weighted by atomic mass is 10.2. The normalized spacial score (nSPS) is 11.6. The maximum absolute atomic E-state index is 12.4. The highest BCUT2D eigenvalue weighted by Crippen LogP contribution is 2.23. The zero-order valence-electron chi connectivity index (χ0n) is 14.1. The van der Waals surface area contributed by atoms with Crippen LogP contribution in [0.15, 0.2) is 53.0 Å². The summed E-state index contributed by atoms with van der Waals surface area (Å²) in [5, 5.41) is 2.87. The SMILES string of the molecule is Cc1ccc(S(=O)(=O)NCCc2csc(-c3ccncc3)n2)c(C)c1. The third-order valence-corrected chi connectivity index (χ3v) is 6.33. The van der Waals surface area contributed by atoms with Gasteiger partial charge in [-0.1, -0.05) is 17.7 Å². The van der Waals surface area contributed by atoms with E-state index in [2.05, 4.69) is 14.7 Å². The van der Waals surface area contributed by atoms with Gasteiger partial charge in [0.2, 0.25) is 10.0 Å². The molecule has 0 unspecified atom stereocenters. The average molecular weight is 374 g/mol. The van der Waals surface area contributed by atoms with Crippen molar-refractivity contribution in [1.29, 1.82) is 0 Å². The van der Waals surface area contributed by atoms with Gasteiger partial charge < -0.3 is 0 Å². The van der Waals surface area contributed by atoms with E-state index in [1.165, 1.54) is 0 Å². The first kappa shape index (κ1) is 17.7. The Kier molecular flexibility index (Phi) is 5.27. The second-order valence-electron chi connectivity index (χ2n) is 5.80. The summed E-state index contributed by atoms with van der Waals surface area (Å²) < 4.78 is 27.6. The van der Waals surface area contributed by atoms with E-state index in [0.717, 1.165) is 27.4 Å². The fourth-order valence-electron chi connectivity index (χ4n) is 2.54. The van der Waals surface area contributed by atoms with Gasteiger partial charge in [-0.25, -0.2) is 18.1 Å². The van der Waals surface area contributed by atoms with E-state index in [0.29, 0.717) is 17.9 Å². The van der Waals surface area contributed by atoms with Gasteiger partial charge in [-0.05, 0) is 37.6 Å². The maximum atomic E-state index is 12.4. The van der Waals surface area contributed by atoms with Crippen LogP contribution in [0, 0.1) is 13.8 Å². The minimum atomic E-state index is -3.51. The van der Waals surface area contributed by atoms with E-state index >= 15 is 0 Å². The van der Waals surface area contributed by atoms with Gasteiger partial charge in [0, 0.05) is 36.3 Å². The zero-order valence-corrected chi connectivity index (χ0v) is 15.7. The first-order valence-electron chi connectivity index (χ1n) is 7.87. The molecule has 1 N–H and O–H groups in total. The van der Waals surface area contributed by atoms with Crippen molar-refractivity contribution < 1.29 is 8.42 Å². The minimum Gasteiger partial charge on any atom is -0.265 e. The van der Waals surface area contributed by atoms with Gasteiger partial charge in [0.05, 0.1) is 10.6 Å². The van der Waals surface area contributed by atoms with E-state index in [1.807, 2.05) is 43.5 Å². The van der Waals surface area contributed by atoms with Crippen LogP contribution in [0.2, 0.25) is 0 Å². The third-order valence-electron chi connectivity index (χ3n) is 3.77. The van der Waals surface area contributed by atoms with Crippen LogP contribution < -0.4 is 4.72 Å². The van der Waals surface area contributed by atoms with Crippen molar-refractivity contribution in [3.8, 4) is 10.6 Å². The molecule has 3 rings (SSSR count). The van der Waals surface area contributed by atoms with E-state index in [4.69, 9.17) is 0 Å². The van der Waals surface area contributed by atoms with Crippen molar-refractivity contribution in [3.63, 3.8) is 0 Å². The van der Waals surface area contributed by atoms with Gasteiger partial charge in [0.25, 0.3) is 0 Å². The first-order chi connectivity index (χ1) is 12.0. The average Bonchev–Trinajstić information content (AvgIpc) is 3.04. The molecule has 0 amide bonds. The maximum Gasteiger partial charge on any atom is 0.240 e. The van der Waals surface area contributed by atoms with Crippen LogP contribution in [0.3, 0.4) is 0 Å². The Labute approximate surface area is 151 Å². The third kappa shape index (κ3) is 4.31. The molecule has 0 spiro atoms. The molecule has 7 heteroatoms.